The molecule has 0 radical (unpaired) electrons. The Bertz CT molecular complexity index is 224. The number of hydrogen-bond acceptors (Lipinski definition) is 2. The van der Waals surface area contributed by atoms with Crippen LogP contribution in [0, 0.1) is 0 Å². The van der Waals surface area contributed by atoms with Gasteiger partial charge in [-0.1, -0.05) is 19.1 Å². The summed E-state index contributed by atoms with van der Waals surface area (Å²) in [7, 11) is 0. The van der Waals surface area contributed by atoms with Crippen LogP contribution in [0.5, 0.6) is 0 Å². The maximum absolute atomic E-state index is 3.82. The van der Waals surface area contributed by atoms with Crippen LogP contribution in [0.3, 0.4) is 0 Å². The molecule has 0 spiro atoms. The zero-order valence-corrected chi connectivity index (χ0v) is 6.70. The van der Waals surface area contributed by atoms with E-state index < -0.39 is 0 Å². The van der Waals surface area contributed by atoms with Gasteiger partial charge in [0.25, 0.3) is 0 Å². The monoisotopic (exact) mass is 148 g/mol. The molecular formula is C9H12N2. The second kappa shape index (κ2) is 3.76. The first-order valence-corrected chi connectivity index (χ1v) is 3.69. The first-order valence-electron chi connectivity index (χ1n) is 3.69. The van der Waals surface area contributed by atoms with Gasteiger partial charge >= 0.3 is 0 Å². The summed E-state index contributed by atoms with van der Waals surface area (Å²) in [5, 5.41) is 5.58. The molecule has 1 rings (SSSR count). The minimum atomic E-state index is 1.01. The van der Waals surface area contributed by atoms with Crippen LogP contribution in [0.2, 0.25) is 0 Å². The zero-order chi connectivity index (χ0) is 8.10. The predicted octanol–water partition coefficient (Wildman–Crippen LogP) is 2.28. The van der Waals surface area contributed by atoms with Gasteiger partial charge in [0.2, 0.25) is 0 Å². The Kier molecular flexibility index (Phi) is 2.66. The van der Waals surface area contributed by atoms with Crippen molar-refractivity contribution in [3.8, 4) is 0 Å². The van der Waals surface area contributed by atoms with Crippen molar-refractivity contribution in [3.05, 3.63) is 36.2 Å². The van der Waals surface area contributed by atoms with E-state index in [1.54, 1.807) is 5.01 Å². The maximum Gasteiger partial charge on any atom is 0.0605 e. The Balaban J connectivity index is 2.78. The van der Waals surface area contributed by atoms with Crippen molar-refractivity contribution in [3.63, 3.8) is 0 Å². The highest BCUT2D eigenvalue weighted by Crippen LogP contribution is 2.12. The fourth-order valence-electron chi connectivity index (χ4n) is 0.947. The lowest BCUT2D eigenvalue weighted by Crippen LogP contribution is -2.08. The van der Waals surface area contributed by atoms with Crippen molar-refractivity contribution in [1.29, 1.82) is 0 Å². The van der Waals surface area contributed by atoms with Gasteiger partial charge < -0.3 is 0 Å². The lowest BCUT2D eigenvalue weighted by molar-refractivity contribution is 0.513. The van der Waals surface area contributed by atoms with Crippen molar-refractivity contribution in [2.45, 2.75) is 13.3 Å². The van der Waals surface area contributed by atoms with Gasteiger partial charge in [0.15, 0.2) is 0 Å². The molecule has 0 aliphatic carbocycles. The summed E-state index contributed by atoms with van der Waals surface area (Å²) >= 11 is 0. The molecule has 2 nitrogen and oxygen atoms in total. The van der Waals surface area contributed by atoms with Gasteiger partial charge in [-0.3, -0.25) is 0 Å². The van der Waals surface area contributed by atoms with Crippen LogP contribution in [0.4, 0.5) is 0 Å². The fourth-order valence-corrected chi connectivity index (χ4v) is 0.947. The summed E-state index contributed by atoms with van der Waals surface area (Å²) in [6, 6.07) is 0. The van der Waals surface area contributed by atoms with Crippen LogP contribution in [0.25, 0.3) is 0 Å². The lowest BCUT2D eigenvalue weighted by Gasteiger charge is -2.16. The standard InChI is InChI=1S/C9H12N2/c1-3-6-9-7-4-5-8-11(9)10-2/h4-8H,2-3H2,1H3/b9-6-. The van der Waals surface area contributed by atoms with Crippen LogP contribution in [0.15, 0.2) is 41.3 Å². The quantitative estimate of drug-likeness (QED) is 0.548. The lowest BCUT2D eigenvalue weighted by atomic mass is 10.2. The molecular weight excluding hydrogens is 136 g/mol. The summed E-state index contributed by atoms with van der Waals surface area (Å²) in [5.74, 6) is 0. The number of allylic oxidation sites excluding steroid dienone is 4. The Morgan fingerprint density at radius 2 is 2.45 bits per heavy atom. The molecule has 0 saturated carbocycles. The second-order valence-corrected chi connectivity index (χ2v) is 2.22. The molecule has 0 amide bonds. The highest BCUT2D eigenvalue weighted by molar-refractivity contribution is 5.31. The van der Waals surface area contributed by atoms with E-state index in [-0.39, 0.29) is 0 Å². The van der Waals surface area contributed by atoms with E-state index in [4.69, 9.17) is 0 Å². The number of rotatable bonds is 2. The predicted molar refractivity (Wildman–Crippen MR) is 48.0 cm³/mol. The minimum absolute atomic E-state index is 1.01. The summed E-state index contributed by atoms with van der Waals surface area (Å²) in [6.07, 6.45) is 10.9. The molecule has 0 atom stereocenters. The first kappa shape index (κ1) is 7.79. The Morgan fingerprint density at radius 1 is 1.64 bits per heavy atom. The van der Waals surface area contributed by atoms with Gasteiger partial charge in [0, 0.05) is 12.9 Å². The largest absolute Gasteiger partial charge is 0.242 e. The number of hydrogen-bond donors (Lipinski definition) is 0. The van der Waals surface area contributed by atoms with Crippen molar-refractivity contribution < 1.29 is 0 Å². The topological polar surface area (TPSA) is 15.6 Å². The molecule has 0 unspecified atom stereocenters. The summed E-state index contributed by atoms with van der Waals surface area (Å²) in [5.41, 5.74) is 1.09. The van der Waals surface area contributed by atoms with Gasteiger partial charge in [-0.25, -0.2) is 5.01 Å². The van der Waals surface area contributed by atoms with Crippen molar-refractivity contribution in [1.82, 2.24) is 5.01 Å². The van der Waals surface area contributed by atoms with Gasteiger partial charge in [-0.05, 0) is 18.6 Å². The Hall–Kier alpha value is -1.31. The number of hydrazone groups is 1. The van der Waals surface area contributed by atoms with Crippen LogP contribution in [-0.4, -0.2) is 11.7 Å². The third kappa shape index (κ3) is 1.80. The van der Waals surface area contributed by atoms with E-state index in [1.807, 2.05) is 24.4 Å². The maximum atomic E-state index is 3.82. The highest BCUT2D eigenvalue weighted by Gasteiger charge is 2.01. The van der Waals surface area contributed by atoms with Crippen LogP contribution < -0.4 is 0 Å². The molecule has 1 heterocycles. The molecule has 0 aromatic carbocycles. The van der Waals surface area contributed by atoms with Crippen LogP contribution in [-0.2, 0) is 0 Å². The van der Waals surface area contributed by atoms with Crippen molar-refractivity contribution in [2.24, 2.45) is 5.10 Å². The molecule has 0 N–H and O–H groups in total. The zero-order valence-electron chi connectivity index (χ0n) is 6.70. The molecule has 1 aliphatic rings. The van der Waals surface area contributed by atoms with Gasteiger partial charge in [0.05, 0.1) is 5.70 Å². The highest BCUT2D eigenvalue weighted by atomic mass is 15.4. The van der Waals surface area contributed by atoms with Gasteiger partial charge in [-0.2, -0.15) is 5.10 Å². The molecule has 0 aromatic heterocycles. The summed E-state index contributed by atoms with van der Waals surface area (Å²) in [4.78, 5) is 0. The molecule has 0 bridgehead atoms. The molecule has 1 aliphatic heterocycles. The summed E-state index contributed by atoms with van der Waals surface area (Å²) < 4.78 is 0. The molecule has 58 valence electrons. The molecule has 2 heteroatoms. The van der Waals surface area contributed by atoms with Crippen molar-refractivity contribution in [2.75, 3.05) is 0 Å². The third-order valence-electron chi connectivity index (χ3n) is 1.44. The van der Waals surface area contributed by atoms with Crippen molar-refractivity contribution >= 4 is 6.72 Å². The number of nitrogens with zero attached hydrogens (tertiary/aromatic N) is 2. The van der Waals surface area contributed by atoms with Crippen LogP contribution in [0.1, 0.15) is 13.3 Å². The fraction of sp³-hybridized carbons (Fsp3) is 0.222. The van der Waals surface area contributed by atoms with Gasteiger partial charge in [0.1, 0.15) is 0 Å². The summed E-state index contributed by atoms with van der Waals surface area (Å²) in [6.45, 7) is 5.56. The average molecular weight is 148 g/mol. The average Bonchev–Trinajstić information content (AvgIpc) is 2.06. The van der Waals surface area contributed by atoms with E-state index in [1.165, 1.54) is 0 Å². The minimum Gasteiger partial charge on any atom is -0.242 e. The Morgan fingerprint density at radius 3 is 3.09 bits per heavy atom. The van der Waals surface area contributed by atoms with Gasteiger partial charge in [-0.15, -0.1) is 0 Å². The first-order chi connectivity index (χ1) is 5.38. The smallest absolute Gasteiger partial charge is 0.0605 e. The normalized spacial score (nSPS) is 19.4. The van der Waals surface area contributed by atoms with Crippen LogP contribution >= 0.6 is 0 Å². The van der Waals surface area contributed by atoms with E-state index in [2.05, 4.69) is 24.8 Å². The van der Waals surface area contributed by atoms with E-state index in [0.717, 1.165) is 12.1 Å². The third-order valence-corrected chi connectivity index (χ3v) is 1.44. The van der Waals surface area contributed by atoms with E-state index in [0.29, 0.717) is 0 Å². The molecule has 0 saturated heterocycles. The van der Waals surface area contributed by atoms with E-state index >= 15 is 0 Å². The van der Waals surface area contributed by atoms with E-state index in [9.17, 15) is 0 Å². The molecule has 0 fully saturated rings. The molecule has 0 aromatic rings. The molecule has 11 heavy (non-hydrogen) atoms. The Labute approximate surface area is 67.2 Å². The second-order valence-electron chi connectivity index (χ2n) is 2.22. The SMILES string of the molecule is C=NN1C=CC=C/C1=C/CC.